The first-order valence-corrected chi connectivity index (χ1v) is 7.66. The number of nitrogens with zero attached hydrogens (tertiary/aromatic N) is 2. The summed E-state index contributed by atoms with van der Waals surface area (Å²) in [5.41, 5.74) is 1.55. The van der Waals surface area contributed by atoms with E-state index in [0.29, 0.717) is 12.1 Å². The van der Waals surface area contributed by atoms with E-state index in [4.69, 9.17) is 4.52 Å². The SMILES string of the molecule is O=C(Cc1ccon1)N1CCCC1CC(O)c1ccccc1. The van der Waals surface area contributed by atoms with Gasteiger partial charge in [0.15, 0.2) is 0 Å². The van der Waals surface area contributed by atoms with E-state index in [1.54, 1.807) is 6.07 Å². The molecule has 0 spiro atoms. The van der Waals surface area contributed by atoms with Crippen molar-refractivity contribution in [3.05, 3.63) is 53.9 Å². The number of hydrogen-bond acceptors (Lipinski definition) is 4. The average Bonchev–Trinajstić information content (AvgIpc) is 3.19. The Bertz CT molecular complexity index is 598. The molecular formula is C17H20N2O3. The van der Waals surface area contributed by atoms with Gasteiger partial charge in [-0.2, -0.15) is 0 Å². The quantitative estimate of drug-likeness (QED) is 0.920. The van der Waals surface area contributed by atoms with Crippen LogP contribution in [0.2, 0.25) is 0 Å². The lowest BCUT2D eigenvalue weighted by atomic mass is 10.0. The molecule has 1 aromatic carbocycles. The van der Waals surface area contributed by atoms with Gasteiger partial charge in [-0.1, -0.05) is 35.5 Å². The molecule has 1 amide bonds. The van der Waals surface area contributed by atoms with Gasteiger partial charge in [-0.15, -0.1) is 0 Å². The van der Waals surface area contributed by atoms with E-state index in [2.05, 4.69) is 5.16 Å². The van der Waals surface area contributed by atoms with E-state index < -0.39 is 6.10 Å². The fourth-order valence-corrected chi connectivity index (χ4v) is 3.06. The van der Waals surface area contributed by atoms with Crippen molar-refractivity contribution in [2.75, 3.05) is 6.54 Å². The van der Waals surface area contributed by atoms with Crippen molar-refractivity contribution >= 4 is 5.91 Å². The highest BCUT2D eigenvalue weighted by Crippen LogP contribution is 2.27. The molecule has 2 atom stereocenters. The van der Waals surface area contributed by atoms with E-state index in [9.17, 15) is 9.90 Å². The normalized spacial score (nSPS) is 19.3. The van der Waals surface area contributed by atoms with E-state index in [-0.39, 0.29) is 18.4 Å². The number of carbonyl (C=O) groups is 1. The van der Waals surface area contributed by atoms with Gasteiger partial charge in [0.25, 0.3) is 0 Å². The monoisotopic (exact) mass is 300 g/mol. The Morgan fingerprint density at radius 2 is 2.18 bits per heavy atom. The van der Waals surface area contributed by atoms with Gasteiger partial charge in [-0.05, 0) is 24.8 Å². The van der Waals surface area contributed by atoms with Crippen molar-refractivity contribution in [2.45, 2.75) is 37.8 Å². The molecule has 3 rings (SSSR count). The first-order valence-electron chi connectivity index (χ1n) is 7.66. The molecule has 116 valence electrons. The first-order chi connectivity index (χ1) is 10.7. The highest BCUT2D eigenvalue weighted by molar-refractivity contribution is 5.78. The molecule has 1 aromatic heterocycles. The lowest BCUT2D eigenvalue weighted by Gasteiger charge is -2.26. The Kier molecular flexibility index (Phi) is 4.53. The Morgan fingerprint density at radius 3 is 2.91 bits per heavy atom. The van der Waals surface area contributed by atoms with E-state index in [1.807, 2.05) is 35.2 Å². The number of likely N-dealkylation sites (tertiary alicyclic amines) is 1. The Hall–Kier alpha value is -2.14. The summed E-state index contributed by atoms with van der Waals surface area (Å²) in [5, 5.41) is 14.2. The fourth-order valence-electron chi connectivity index (χ4n) is 3.06. The lowest BCUT2D eigenvalue weighted by molar-refractivity contribution is -0.131. The van der Waals surface area contributed by atoms with Crippen LogP contribution in [0.3, 0.4) is 0 Å². The van der Waals surface area contributed by atoms with Gasteiger partial charge in [0, 0.05) is 18.7 Å². The molecule has 1 N–H and O–H groups in total. The average molecular weight is 300 g/mol. The van der Waals surface area contributed by atoms with Gasteiger partial charge >= 0.3 is 0 Å². The van der Waals surface area contributed by atoms with Gasteiger partial charge in [0.1, 0.15) is 6.26 Å². The summed E-state index contributed by atoms with van der Waals surface area (Å²) in [6, 6.07) is 11.4. The van der Waals surface area contributed by atoms with Crippen LogP contribution >= 0.6 is 0 Å². The maximum Gasteiger partial charge on any atom is 0.228 e. The molecule has 1 aliphatic rings. The molecular weight excluding hydrogens is 280 g/mol. The van der Waals surface area contributed by atoms with Crippen LogP contribution in [0.15, 0.2) is 47.2 Å². The summed E-state index contributed by atoms with van der Waals surface area (Å²) in [5.74, 6) is 0.0525. The van der Waals surface area contributed by atoms with Crippen molar-refractivity contribution in [1.29, 1.82) is 0 Å². The zero-order valence-electron chi connectivity index (χ0n) is 12.4. The number of aromatic nitrogens is 1. The maximum atomic E-state index is 12.4. The minimum absolute atomic E-state index is 0.0525. The summed E-state index contributed by atoms with van der Waals surface area (Å²) in [6.07, 6.45) is 3.70. The van der Waals surface area contributed by atoms with Gasteiger partial charge in [-0.25, -0.2) is 0 Å². The topological polar surface area (TPSA) is 66.6 Å². The highest BCUT2D eigenvalue weighted by atomic mass is 16.5. The standard InChI is InChI=1S/C17H20N2O3/c20-16(13-5-2-1-3-6-13)12-15-7-4-9-19(15)17(21)11-14-8-10-22-18-14/h1-3,5-6,8,10,15-16,20H,4,7,9,11-12H2. The van der Waals surface area contributed by atoms with Gasteiger partial charge in [0.2, 0.25) is 5.91 Å². The molecule has 0 radical (unpaired) electrons. The van der Waals surface area contributed by atoms with Crippen molar-refractivity contribution in [1.82, 2.24) is 10.1 Å². The molecule has 1 fully saturated rings. The second-order valence-electron chi connectivity index (χ2n) is 5.71. The lowest BCUT2D eigenvalue weighted by Crippen LogP contribution is -2.37. The summed E-state index contributed by atoms with van der Waals surface area (Å²) < 4.78 is 4.77. The molecule has 5 heteroatoms. The van der Waals surface area contributed by atoms with Crippen molar-refractivity contribution in [3.8, 4) is 0 Å². The zero-order valence-corrected chi connectivity index (χ0v) is 12.4. The van der Waals surface area contributed by atoms with Crippen LogP contribution in [0.25, 0.3) is 0 Å². The Balaban J connectivity index is 1.62. The van der Waals surface area contributed by atoms with E-state index in [1.165, 1.54) is 6.26 Å². The molecule has 0 aliphatic carbocycles. The van der Waals surface area contributed by atoms with Crippen LogP contribution < -0.4 is 0 Å². The number of carbonyl (C=O) groups excluding carboxylic acids is 1. The first kappa shape index (κ1) is 14.8. The minimum atomic E-state index is -0.536. The Morgan fingerprint density at radius 1 is 1.36 bits per heavy atom. The molecule has 5 nitrogen and oxygen atoms in total. The molecule has 1 saturated heterocycles. The summed E-state index contributed by atoms with van der Waals surface area (Å²) in [6.45, 7) is 0.753. The number of rotatable bonds is 5. The number of amides is 1. The molecule has 2 unspecified atom stereocenters. The summed E-state index contributed by atoms with van der Waals surface area (Å²) in [4.78, 5) is 14.3. The van der Waals surface area contributed by atoms with E-state index >= 15 is 0 Å². The number of aliphatic hydroxyl groups excluding tert-OH is 1. The van der Waals surface area contributed by atoms with Crippen LogP contribution in [0.4, 0.5) is 0 Å². The highest BCUT2D eigenvalue weighted by Gasteiger charge is 2.30. The van der Waals surface area contributed by atoms with Gasteiger partial charge in [-0.3, -0.25) is 4.79 Å². The van der Waals surface area contributed by atoms with Crippen LogP contribution in [0.1, 0.15) is 36.6 Å². The van der Waals surface area contributed by atoms with Gasteiger partial charge in [0.05, 0.1) is 18.2 Å². The smallest absolute Gasteiger partial charge is 0.228 e. The zero-order chi connectivity index (χ0) is 15.4. The number of aliphatic hydroxyl groups is 1. The van der Waals surface area contributed by atoms with Crippen LogP contribution in [0.5, 0.6) is 0 Å². The maximum absolute atomic E-state index is 12.4. The second-order valence-corrected chi connectivity index (χ2v) is 5.71. The third-order valence-electron chi connectivity index (χ3n) is 4.20. The Labute approximate surface area is 129 Å². The molecule has 0 saturated carbocycles. The summed E-state index contributed by atoms with van der Waals surface area (Å²) in [7, 11) is 0. The van der Waals surface area contributed by atoms with Crippen LogP contribution in [-0.4, -0.2) is 33.7 Å². The molecule has 0 bridgehead atoms. The van der Waals surface area contributed by atoms with Crippen molar-refractivity contribution in [2.24, 2.45) is 0 Å². The minimum Gasteiger partial charge on any atom is -0.388 e. The third kappa shape index (κ3) is 3.36. The number of hydrogen-bond donors (Lipinski definition) is 1. The van der Waals surface area contributed by atoms with Gasteiger partial charge < -0.3 is 14.5 Å². The van der Waals surface area contributed by atoms with Crippen molar-refractivity contribution in [3.63, 3.8) is 0 Å². The fraction of sp³-hybridized carbons (Fsp3) is 0.412. The largest absolute Gasteiger partial charge is 0.388 e. The third-order valence-corrected chi connectivity index (χ3v) is 4.20. The predicted molar refractivity (Wildman–Crippen MR) is 81.0 cm³/mol. The molecule has 1 aliphatic heterocycles. The molecule has 2 heterocycles. The molecule has 2 aromatic rings. The van der Waals surface area contributed by atoms with E-state index in [0.717, 1.165) is 24.9 Å². The van der Waals surface area contributed by atoms with Crippen LogP contribution in [-0.2, 0) is 11.2 Å². The van der Waals surface area contributed by atoms with Crippen LogP contribution in [0, 0.1) is 0 Å². The second kappa shape index (κ2) is 6.75. The summed E-state index contributed by atoms with van der Waals surface area (Å²) >= 11 is 0. The predicted octanol–water partition coefficient (Wildman–Crippen LogP) is 2.33. The molecule has 22 heavy (non-hydrogen) atoms. The van der Waals surface area contributed by atoms with Crippen molar-refractivity contribution < 1.29 is 14.4 Å². The number of benzene rings is 1.